The Morgan fingerprint density at radius 1 is 1.57 bits per heavy atom. The molecule has 1 atom stereocenters. The zero-order valence-electron chi connectivity index (χ0n) is 8.35. The molecule has 1 saturated heterocycles. The van der Waals surface area contributed by atoms with Crippen LogP contribution in [0.1, 0.15) is 6.42 Å². The molecule has 0 bridgehead atoms. The third-order valence-corrected chi connectivity index (χ3v) is 2.56. The van der Waals surface area contributed by atoms with E-state index in [1.54, 1.807) is 0 Å². The van der Waals surface area contributed by atoms with Gasteiger partial charge in [0.05, 0.1) is 12.9 Å². The van der Waals surface area contributed by atoms with Gasteiger partial charge in [-0.2, -0.15) is 0 Å². The van der Waals surface area contributed by atoms with Crippen molar-refractivity contribution >= 4 is 0 Å². The van der Waals surface area contributed by atoms with Crippen LogP contribution < -0.4 is 5.32 Å². The molecule has 1 aromatic rings. The molecule has 0 saturated carbocycles. The summed E-state index contributed by atoms with van der Waals surface area (Å²) < 4.78 is 7.39. The highest BCUT2D eigenvalue weighted by atomic mass is 16.5. The van der Waals surface area contributed by atoms with Crippen molar-refractivity contribution in [3.8, 4) is 0 Å². The highest BCUT2D eigenvalue weighted by molar-refractivity contribution is 4.74. The molecule has 1 N–H and O–H groups in total. The molecule has 14 heavy (non-hydrogen) atoms. The molecule has 1 fully saturated rings. The van der Waals surface area contributed by atoms with Crippen molar-refractivity contribution in [3.63, 3.8) is 0 Å². The number of rotatable bonds is 5. The van der Waals surface area contributed by atoms with E-state index in [0.29, 0.717) is 0 Å². The quantitative estimate of drug-likeness (QED) is 0.696. The fraction of sp³-hybridized carbons (Fsp3) is 0.700. The summed E-state index contributed by atoms with van der Waals surface area (Å²) in [6.07, 6.45) is 6.85. The lowest BCUT2D eigenvalue weighted by molar-refractivity contribution is 0.185. The fourth-order valence-corrected chi connectivity index (χ4v) is 1.68. The van der Waals surface area contributed by atoms with Crippen LogP contribution in [-0.2, 0) is 11.3 Å². The Hall–Kier alpha value is -0.870. The topological polar surface area (TPSA) is 39.1 Å². The summed E-state index contributed by atoms with van der Waals surface area (Å²) in [4.78, 5) is 3.99. The van der Waals surface area contributed by atoms with Crippen molar-refractivity contribution < 1.29 is 4.74 Å². The van der Waals surface area contributed by atoms with E-state index in [2.05, 4.69) is 14.9 Å². The number of hydrogen-bond donors (Lipinski definition) is 1. The molecule has 0 aromatic carbocycles. The molecule has 0 aliphatic carbocycles. The Balaban J connectivity index is 1.55. The van der Waals surface area contributed by atoms with Crippen LogP contribution in [0.25, 0.3) is 0 Å². The highest BCUT2D eigenvalue weighted by Gasteiger charge is 2.14. The fourth-order valence-electron chi connectivity index (χ4n) is 1.68. The maximum absolute atomic E-state index is 5.30. The molecular weight excluding hydrogens is 178 g/mol. The van der Waals surface area contributed by atoms with Gasteiger partial charge in [-0.15, -0.1) is 0 Å². The first-order chi connectivity index (χ1) is 6.95. The standard InChI is InChI=1S/C10H17N3O/c1-6-14-8-10(1)7-11-2-4-13-5-3-12-9-13/h3,5,9-11H,1-2,4,6-8H2. The van der Waals surface area contributed by atoms with E-state index in [1.165, 1.54) is 6.42 Å². The molecule has 1 aliphatic rings. The maximum Gasteiger partial charge on any atom is 0.0946 e. The van der Waals surface area contributed by atoms with Gasteiger partial charge in [0.1, 0.15) is 0 Å². The van der Waals surface area contributed by atoms with Crippen molar-refractivity contribution in [2.24, 2.45) is 5.92 Å². The van der Waals surface area contributed by atoms with Crippen molar-refractivity contribution in [1.29, 1.82) is 0 Å². The van der Waals surface area contributed by atoms with Crippen molar-refractivity contribution in [3.05, 3.63) is 18.7 Å². The van der Waals surface area contributed by atoms with Gasteiger partial charge in [0, 0.05) is 38.6 Å². The number of nitrogens with zero attached hydrogens (tertiary/aromatic N) is 2. The molecular formula is C10H17N3O. The predicted octanol–water partition coefficient (Wildman–Crippen LogP) is 0.509. The molecule has 1 aliphatic heterocycles. The van der Waals surface area contributed by atoms with E-state index < -0.39 is 0 Å². The minimum absolute atomic E-state index is 0.720. The summed E-state index contributed by atoms with van der Waals surface area (Å²) >= 11 is 0. The summed E-state index contributed by atoms with van der Waals surface area (Å²) in [6, 6.07) is 0. The molecule has 0 spiro atoms. The van der Waals surface area contributed by atoms with Gasteiger partial charge in [0.15, 0.2) is 0 Å². The molecule has 2 rings (SSSR count). The number of nitrogens with one attached hydrogen (secondary N) is 1. The molecule has 1 aromatic heterocycles. The van der Waals surface area contributed by atoms with E-state index >= 15 is 0 Å². The van der Waals surface area contributed by atoms with E-state index in [4.69, 9.17) is 4.74 Å². The lowest BCUT2D eigenvalue weighted by atomic mass is 10.1. The third kappa shape index (κ3) is 2.82. The van der Waals surface area contributed by atoms with Crippen LogP contribution in [-0.4, -0.2) is 35.9 Å². The number of ether oxygens (including phenoxy) is 1. The largest absolute Gasteiger partial charge is 0.381 e. The van der Waals surface area contributed by atoms with E-state index in [9.17, 15) is 0 Å². The molecule has 2 heterocycles. The van der Waals surface area contributed by atoms with Gasteiger partial charge >= 0.3 is 0 Å². The van der Waals surface area contributed by atoms with E-state index in [0.717, 1.165) is 38.8 Å². The van der Waals surface area contributed by atoms with Crippen LogP contribution in [0, 0.1) is 5.92 Å². The van der Waals surface area contributed by atoms with Gasteiger partial charge in [0.2, 0.25) is 0 Å². The zero-order valence-corrected chi connectivity index (χ0v) is 8.35. The first-order valence-corrected chi connectivity index (χ1v) is 5.19. The van der Waals surface area contributed by atoms with Crippen LogP contribution >= 0.6 is 0 Å². The van der Waals surface area contributed by atoms with Gasteiger partial charge in [-0.3, -0.25) is 0 Å². The monoisotopic (exact) mass is 195 g/mol. The Labute approximate surface area is 84.3 Å². The second-order valence-corrected chi connectivity index (χ2v) is 3.73. The summed E-state index contributed by atoms with van der Waals surface area (Å²) in [5.41, 5.74) is 0. The highest BCUT2D eigenvalue weighted by Crippen LogP contribution is 2.10. The third-order valence-electron chi connectivity index (χ3n) is 2.56. The molecule has 78 valence electrons. The van der Waals surface area contributed by atoms with Gasteiger partial charge in [0.25, 0.3) is 0 Å². The molecule has 4 heteroatoms. The lowest BCUT2D eigenvalue weighted by Gasteiger charge is -2.09. The smallest absolute Gasteiger partial charge is 0.0946 e. The zero-order chi connectivity index (χ0) is 9.64. The summed E-state index contributed by atoms with van der Waals surface area (Å²) in [7, 11) is 0. The van der Waals surface area contributed by atoms with Gasteiger partial charge in [-0.25, -0.2) is 4.98 Å². The van der Waals surface area contributed by atoms with Crippen molar-refractivity contribution in [2.75, 3.05) is 26.3 Å². The Morgan fingerprint density at radius 3 is 3.29 bits per heavy atom. The van der Waals surface area contributed by atoms with Crippen LogP contribution in [0.15, 0.2) is 18.7 Å². The molecule has 4 nitrogen and oxygen atoms in total. The van der Waals surface area contributed by atoms with Gasteiger partial charge in [-0.1, -0.05) is 0 Å². The average molecular weight is 195 g/mol. The maximum atomic E-state index is 5.30. The van der Waals surface area contributed by atoms with E-state index in [1.807, 2.05) is 18.7 Å². The average Bonchev–Trinajstić information content (AvgIpc) is 2.86. The van der Waals surface area contributed by atoms with Crippen molar-refractivity contribution in [2.45, 2.75) is 13.0 Å². The Bertz CT molecular complexity index is 242. The first-order valence-electron chi connectivity index (χ1n) is 5.19. The first kappa shape index (κ1) is 9.68. The number of imidazole rings is 1. The normalized spacial score (nSPS) is 21.6. The number of hydrogen-bond acceptors (Lipinski definition) is 3. The Morgan fingerprint density at radius 2 is 2.57 bits per heavy atom. The summed E-state index contributed by atoms with van der Waals surface area (Å²) in [6.45, 7) is 4.95. The summed E-state index contributed by atoms with van der Waals surface area (Å²) in [5, 5.41) is 3.44. The second kappa shape index (κ2) is 5.12. The van der Waals surface area contributed by atoms with Crippen LogP contribution in [0.2, 0.25) is 0 Å². The number of aromatic nitrogens is 2. The molecule has 0 amide bonds. The molecule has 1 unspecified atom stereocenters. The van der Waals surface area contributed by atoms with Crippen LogP contribution in [0.4, 0.5) is 0 Å². The van der Waals surface area contributed by atoms with E-state index in [-0.39, 0.29) is 0 Å². The van der Waals surface area contributed by atoms with Gasteiger partial charge < -0.3 is 14.6 Å². The van der Waals surface area contributed by atoms with Crippen molar-refractivity contribution in [1.82, 2.24) is 14.9 Å². The predicted molar refractivity (Wildman–Crippen MR) is 54.0 cm³/mol. The summed E-state index contributed by atoms with van der Waals surface area (Å²) in [5.74, 6) is 0.720. The van der Waals surface area contributed by atoms with Crippen LogP contribution in [0.5, 0.6) is 0 Å². The Kier molecular flexibility index (Phi) is 3.54. The van der Waals surface area contributed by atoms with Crippen LogP contribution in [0.3, 0.4) is 0 Å². The minimum Gasteiger partial charge on any atom is -0.381 e. The SMILES string of the molecule is c1cn(CCNCC2CCOC2)cn1. The second-order valence-electron chi connectivity index (χ2n) is 3.73. The van der Waals surface area contributed by atoms with Gasteiger partial charge in [-0.05, 0) is 12.3 Å². The minimum atomic E-state index is 0.720. The molecule has 0 radical (unpaired) electrons. The lowest BCUT2D eigenvalue weighted by Crippen LogP contribution is -2.26.